The summed E-state index contributed by atoms with van der Waals surface area (Å²) in [5.74, 6) is 0. The van der Waals surface area contributed by atoms with E-state index >= 15 is 0 Å². The largest absolute Gasteiger partial charge is 0.382 e. The number of hydrogen-bond donors (Lipinski definition) is 1. The van der Waals surface area contributed by atoms with Gasteiger partial charge in [-0.3, -0.25) is 0 Å². The summed E-state index contributed by atoms with van der Waals surface area (Å²) in [7, 11) is 1.67. The molecule has 0 fully saturated rings. The number of aryl methyl sites for hydroxylation is 1. The third-order valence-corrected chi connectivity index (χ3v) is 3.13. The van der Waals surface area contributed by atoms with Crippen LogP contribution >= 0.6 is 0 Å². The van der Waals surface area contributed by atoms with Crippen LogP contribution in [0.25, 0.3) is 0 Å². The molecule has 1 aromatic carbocycles. The van der Waals surface area contributed by atoms with E-state index in [1.54, 1.807) is 7.11 Å². The van der Waals surface area contributed by atoms with E-state index in [1.165, 1.54) is 11.1 Å². The van der Waals surface area contributed by atoms with Crippen LogP contribution < -0.4 is 5.73 Å². The fourth-order valence-electron chi connectivity index (χ4n) is 2.05. The minimum atomic E-state index is -0.0600. The van der Waals surface area contributed by atoms with Gasteiger partial charge in [-0.15, -0.1) is 0 Å². The van der Waals surface area contributed by atoms with E-state index in [9.17, 15) is 0 Å². The minimum Gasteiger partial charge on any atom is -0.382 e. The SMILES string of the molecule is COCCOCCCOC(c1ccccc1C)C(C)N. The Bertz CT molecular complexity index is 368. The van der Waals surface area contributed by atoms with Gasteiger partial charge < -0.3 is 19.9 Å². The van der Waals surface area contributed by atoms with Crippen LogP contribution in [0.1, 0.15) is 30.6 Å². The minimum absolute atomic E-state index is 0.0366. The number of hydrogen-bond acceptors (Lipinski definition) is 4. The second-order valence-corrected chi connectivity index (χ2v) is 4.97. The van der Waals surface area contributed by atoms with Crippen molar-refractivity contribution in [2.75, 3.05) is 33.5 Å². The number of ether oxygens (including phenoxy) is 3. The highest BCUT2D eigenvalue weighted by Crippen LogP contribution is 2.23. The summed E-state index contributed by atoms with van der Waals surface area (Å²) in [4.78, 5) is 0. The van der Waals surface area contributed by atoms with E-state index < -0.39 is 0 Å². The lowest BCUT2D eigenvalue weighted by atomic mass is 9.99. The zero-order valence-corrected chi connectivity index (χ0v) is 12.8. The Morgan fingerprint density at radius 3 is 2.50 bits per heavy atom. The first-order chi connectivity index (χ1) is 9.66. The third kappa shape index (κ3) is 6.01. The van der Waals surface area contributed by atoms with E-state index in [4.69, 9.17) is 19.9 Å². The number of methoxy groups -OCH3 is 1. The second-order valence-electron chi connectivity index (χ2n) is 4.97. The highest BCUT2D eigenvalue weighted by molar-refractivity contribution is 5.28. The normalized spacial score (nSPS) is 14.2. The van der Waals surface area contributed by atoms with Crippen molar-refractivity contribution in [3.8, 4) is 0 Å². The summed E-state index contributed by atoms with van der Waals surface area (Å²) >= 11 is 0. The molecule has 1 rings (SSSR count). The molecule has 2 atom stereocenters. The molecule has 0 radical (unpaired) electrons. The third-order valence-electron chi connectivity index (χ3n) is 3.13. The average molecular weight is 281 g/mol. The van der Waals surface area contributed by atoms with Crippen LogP contribution in [0.3, 0.4) is 0 Å². The second kappa shape index (κ2) is 9.88. The average Bonchev–Trinajstić information content (AvgIpc) is 2.43. The lowest BCUT2D eigenvalue weighted by Gasteiger charge is -2.23. The number of rotatable bonds is 10. The van der Waals surface area contributed by atoms with Crippen LogP contribution in [0.15, 0.2) is 24.3 Å². The predicted molar refractivity (Wildman–Crippen MR) is 80.8 cm³/mol. The van der Waals surface area contributed by atoms with Crippen molar-refractivity contribution in [1.29, 1.82) is 0 Å². The first-order valence-electron chi connectivity index (χ1n) is 7.16. The molecule has 1 aromatic rings. The maximum atomic E-state index is 6.05. The Kier molecular flexibility index (Phi) is 8.46. The maximum absolute atomic E-state index is 6.05. The standard InChI is InChI=1S/C16H27NO3/c1-13-7-4-5-8-15(13)16(14(2)17)20-10-6-9-19-12-11-18-3/h4-5,7-8,14,16H,6,9-12,17H2,1-3H3. The number of nitrogens with two attached hydrogens (primary N) is 1. The highest BCUT2D eigenvalue weighted by Gasteiger charge is 2.18. The van der Waals surface area contributed by atoms with Crippen molar-refractivity contribution >= 4 is 0 Å². The zero-order valence-electron chi connectivity index (χ0n) is 12.8. The fraction of sp³-hybridized carbons (Fsp3) is 0.625. The van der Waals surface area contributed by atoms with Crippen LogP contribution in [-0.2, 0) is 14.2 Å². The molecular weight excluding hydrogens is 254 g/mol. The van der Waals surface area contributed by atoms with Gasteiger partial charge in [0, 0.05) is 26.4 Å². The Morgan fingerprint density at radius 2 is 1.85 bits per heavy atom. The Hall–Kier alpha value is -0.940. The monoisotopic (exact) mass is 281 g/mol. The fourth-order valence-corrected chi connectivity index (χ4v) is 2.05. The summed E-state index contributed by atoms with van der Waals surface area (Å²) in [6.07, 6.45) is 0.800. The molecule has 0 amide bonds. The van der Waals surface area contributed by atoms with Crippen LogP contribution in [0.2, 0.25) is 0 Å². The van der Waals surface area contributed by atoms with Gasteiger partial charge in [0.15, 0.2) is 0 Å². The molecule has 4 nitrogen and oxygen atoms in total. The van der Waals surface area contributed by atoms with Gasteiger partial charge in [-0.2, -0.15) is 0 Å². The molecule has 2 unspecified atom stereocenters. The van der Waals surface area contributed by atoms with E-state index in [-0.39, 0.29) is 12.1 Å². The van der Waals surface area contributed by atoms with Crippen LogP contribution in [0, 0.1) is 6.92 Å². The summed E-state index contributed by atoms with van der Waals surface area (Å²) in [6, 6.07) is 8.18. The summed E-state index contributed by atoms with van der Waals surface area (Å²) in [5.41, 5.74) is 8.43. The van der Waals surface area contributed by atoms with Crippen molar-refractivity contribution in [1.82, 2.24) is 0 Å². The molecule has 4 heteroatoms. The zero-order chi connectivity index (χ0) is 14.8. The van der Waals surface area contributed by atoms with Crippen molar-refractivity contribution < 1.29 is 14.2 Å². The van der Waals surface area contributed by atoms with Gasteiger partial charge in [0.25, 0.3) is 0 Å². The summed E-state index contributed by atoms with van der Waals surface area (Å²) in [5, 5.41) is 0. The van der Waals surface area contributed by atoms with Crippen molar-refractivity contribution in [3.05, 3.63) is 35.4 Å². The molecule has 0 aromatic heterocycles. The topological polar surface area (TPSA) is 53.7 Å². The lowest BCUT2D eigenvalue weighted by molar-refractivity contribution is 0.0141. The Balaban J connectivity index is 2.36. The summed E-state index contributed by atoms with van der Waals surface area (Å²) in [6.45, 7) is 6.65. The molecule has 0 saturated heterocycles. The van der Waals surface area contributed by atoms with Crippen LogP contribution in [0.5, 0.6) is 0 Å². The van der Waals surface area contributed by atoms with E-state index in [0.717, 1.165) is 6.42 Å². The molecule has 0 aliphatic rings. The smallest absolute Gasteiger partial charge is 0.0975 e. The molecule has 114 valence electrons. The van der Waals surface area contributed by atoms with E-state index in [1.807, 2.05) is 19.1 Å². The molecule has 2 N–H and O–H groups in total. The molecule has 0 bridgehead atoms. The molecule has 0 saturated carbocycles. The predicted octanol–water partition coefficient (Wildman–Crippen LogP) is 2.45. The summed E-state index contributed by atoms with van der Waals surface area (Å²) < 4.78 is 16.3. The molecule has 0 aliphatic heterocycles. The van der Waals surface area contributed by atoms with Gasteiger partial charge in [0.05, 0.1) is 19.3 Å². The Labute approximate surface area is 122 Å². The van der Waals surface area contributed by atoms with E-state index in [0.29, 0.717) is 26.4 Å². The molecule has 0 heterocycles. The van der Waals surface area contributed by atoms with Gasteiger partial charge in [-0.1, -0.05) is 24.3 Å². The molecule has 0 aliphatic carbocycles. The molecular formula is C16H27NO3. The van der Waals surface area contributed by atoms with E-state index in [2.05, 4.69) is 19.1 Å². The van der Waals surface area contributed by atoms with Crippen LogP contribution in [0.4, 0.5) is 0 Å². The van der Waals surface area contributed by atoms with Gasteiger partial charge in [-0.25, -0.2) is 0 Å². The first-order valence-corrected chi connectivity index (χ1v) is 7.16. The van der Waals surface area contributed by atoms with Crippen LogP contribution in [-0.4, -0.2) is 39.6 Å². The lowest BCUT2D eigenvalue weighted by Crippen LogP contribution is -2.28. The molecule has 0 spiro atoms. The van der Waals surface area contributed by atoms with Crippen molar-refractivity contribution in [3.63, 3.8) is 0 Å². The molecule has 20 heavy (non-hydrogen) atoms. The van der Waals surface area contributed by atoms with Crippen molar-refractivity contribution in [2.45, 2.75) is 32.4 Å². The quantitative estimate of drug-likeness (QED) is 0.669. The van der Waals surface area contributed by atoms with Crippen molar-refractivity contribution in [2.24, 2.45) is 5.73 Å². The van der Waals surface area contributed by atoms with Gasteiger partial charge in [0.1, 0.15) is 0 Å². The van der Waals surface area contributed by atoms with Gasteiger partial charge in [0.2, 0.25) is 0 Å². The van der Waals surface area contributed by atoms with Gasteiger partial charge >= 0.3 is 0 Å². The van der Waals surface area contributed by atoms with Gasteiger partial charge in [-0.05, 0) is 31.4 Å². The Morgan fingerprint density at radius 1 is 1.10 bits per heavy atom. The number of benzene rings is 1. The highest BCUT2D eigenvalue weighted by atomic mass is 16.5. The first kappa shape index (κ1) is 17.1. The maximum Gasteiger partial charge on any atom is 0.0975 e.